The quantitative estimate of drug-likeness (QED) is 0.187. The average Bonchev–Trinajstić information content (AvgIpc) is 3.41. The van der Waals surface area contributed by atoms with Gasteiger partial charge in [0.25, 0.3) is 0 Å². The third kappa shape index (κ3) is 2.91. The molecule has 212 valence electrons. The van der Waals surface area contributed by atoms with Crippen molar-refractivity contribution in [1.82, 2.24) is 0 Å². The van der Waals surface area contributed by atoms with Crippen molar-refractivity contribution in [2.75, 3.05) is 0 Å². The van der Waals surface area contributed by atoms with E-state index in [9.17, 15) is 0 Å². The molecule has 0 fully saturated rings. The summed E-state index contributed by atoms with van der Waals surface area (Å²) in [6.07, 6.45) is 0. The average molecular weight is 583 g/mol. The largest absolute Gasteiger partial charge is 0.456 e. The number of benzene rings is 8. The van der Waals surface area contributed by atoms with Crippen molar-refractivity contribution >= 4 is 21.5 Å². The number of ether oxygens (including phenoxy) is 1. The predicted molar refractivity (Wildman–Crippen MR) is 189 cm³/mol. The molecule has 0 aromatic heterocycles. The maximum Gasteiger partial charge on any atom is 0.135 e. The molecule has 3 aliphatic rings. The van der Waals surface area contributed by atoms with Crippen LogP contribution in [0.2, 0.25) is 0 Å². The van der Waals surface area contributed by atoms with Gasteiger partial charge in [0.15, 0.2) is 0 Å². The first kappa shape index (κ1) is 24.4. The Morgan fingerprint density at radius 3 is 1.65 bits per heavy atom. The second kappa shape index (κ2) is 8.62. The zero-order chi connectivity index (χ0) is 30.0. The van der Waals surface area contributed by atoms with Crippen molar-refractivity contribution in [3.8, 4) is 56.0 Å². The van der Waals surface area contributed by atoms with Gasteiger partial charge in [-0.1, -0.05) is 133 Å². The molecule has 0 bridgehead atoms. The van der Waals surface area contributed by atoms with E-state index in [1.165, 1.54) is 77.2 Å². The number of hydrogen-bond donors (Lipinski definition) is 0. The molecule has 1 unspecified atom stereocenters. The monoisotopic (exact) mass is 582 g/mol. The van der Waals surface area contributed by atoms with Crippen LogP contribution in [-0.4, -0.2) is 0 Å². The van der Waals surface area contributed by atoms with E-state index in [1.807, 2.05) is 0 Å². The highest BCUT2D eigenvalue weighted by atomic mass is 16.5. The van der Waals surface area contributed by atoms with Gasteiger partial charge in [-0.25, -0.2) is 0 Å². The molecule has 0 saturated carbocycles. The fourth-order valence-electron chi connectivity index (χ4n) is 8.86. The zero-order valence-corrected chi connectivity index (χ0v) is 24.9. The third-order valence-corrected chi connectivity index (χ3v) is 10.7. The van der Waals surface area contributed by atoms with Crippen molar-refractivity contribution in [2.24, 2.45) is 0 Å². The van der Waals surface area contributed by atoms with E-state index in [1.54, 1.807) is 0 Å². The molecule has 0 N–H and O–H groups in total. The molecule has 1 atom stereocenters. The van der Waals surface area contributed by atoms with Crippen molar-refractivity contribution in [3.05, 3.63) is 180 Å². The molecule has 1 heterocycles. The Kier molecular flexibility index (Phi) is 4.57. The van der Waals surface area contributed by atoms with Crippen molar-refractivity contribution in [1.29, 1.82) is 0 Å². The van der Waals surface area contributed by atoms with Gasteiger partial charge in [-0.05, 0) is 102 Å². The SMILES string of the molecule is c1ccc2c(c1)-c1cc(-c3ccc4c(c3)Oc3cccc5cccc-4c35)ccc1C21c2ccccc2-c2cccc3cccc1c23. The van der Waals surface area contributed by atoms with Gasteiger partial charge in [0.2, 0.25) is 0 Å². The van der Waals surface area contributed by atoms with Gasteiger partial charge in [-0.2, -0.15) is 0 Å². The normalized spacial score (nSPS) is 16.1. The van der Waals surface area contributed by atoms with Crippen molar-refractivity contribution in [3.63, 3.8) is 0 Å². The van der Waals surface area contributed by atoms with Gasteiger partial charge < -0.3 is 4.74 Å². The van der Waals surface area contributed by atoms with Gasteiger partial charge >= 0.3 is 0 Å². The maximum atomic E-state index is 6.56. The molecule has 11 rings (SSSR count). The van der Waals surface area contributed by atoms with Crippen LogP contribution in [0, 0.1) is 0 Å². The van der Waals surface area contributed by atoms with Gasteiger partial charge in [-0.3, -0.25) is 0 Å². The molecular weight excluding hydrogens is 556 g/mol. The lowest BCUT2D eigenvalue weighted by atomic mass is 9.61. The van der Waals surface area contributed by atoms with Crippen LogP contribution >= 0.6 is 0 Å². The van der Waals surface area contributed by atoms with Crippen LogP contribution in [0.5, 0.6) is 11.5 Å². The lowest BCUT2D eigenvalue weighted by Crippen LogP contribution is -2.31. The fraction of sp³-hybridized carbons (Fsp3) is 0.0222. The second-order valence-electron chi connectivity index (χ2n) is 12.8. The minimum absolute atomic E-state index is 0.393. The Bertz CT molecular complexity index is 2610. The smallest absolute Gasteiger partial charge is 0.135 e. The molecule has 8 aromatic carbocycles. The maximum absolute atomic E-state index is 6.56. The Balaban J connectivity index is 1.15. The molecule has 8 aromatic rings. The molecule has 1 nitrogen and oxygen atoms in total. The predicted octanol–water partition coefficient (Wildman–Crippen LogP) is 11.8. The van der Waals surface area contributed by atoms with E-state index in [0.717, 1.165) is 22.6 Å². The van der Waals surface area contributed by atoms with E-state index in [2.05, 4.69) is 158 Å². The highest BCUT2D eigenvalue weighted by molar-refractivity contribution is 6.07. The number of hydrogen-bond acceptors (Lipinski definition) is 1. The standard InChI is InChI=1S/C45H26O/c1-3-17-37-31(13-1)34-15-5-9-27-11-7-19-40(43(27)34)45(37)38-18-4-2-14-32(38)36-25-29(22-24-39(36)45)30-21-23-33-35-16-6-10-28-12-8-20-41(44(28)35)46-42(33)26-30/h1-26H. The summed E-state index contributed by atoms with van der Waals surface area (Å²) in [5.41, 5.74) is 15.0. The molecule has 0 saturated heterocycles. The molecule has 2 aliphatic carbocycles. The molecule has 0 amide bonds. The molecular formula is C45H26O. The third-order valence-electron chi connectivity index (χ3n) is 10.7. The minimum Gasteiger partial charge on any atom is -0.456 e. The van der Waals surface area contributed by atoms with Gasteiger partial charge in [0, 0.05) is 10.9 Å². The van der Waals surface area contributed by atoms with Crippen LogP contribution in [0.3, 0.4) is 0 Å². The van der Waals surface area contributed by atoms with Crippen molar-refractivity contribution < 1.29 is 4.74 Å². The molecule has 46 heavy (non-hydrogen) atoms. The fourth-order valence-corrected chi connectivity index (χ4v) is 8.86. The Morgan fingerprint density at radius 2 is 0.870 bits per heavy atom. The van der Waals surface area contributed by atoms with Crippen LogP contribution in [0.4, 0.5) is 0 Å². The summed E-state index contributed by atoms with van der Waals surface area (Å²) in [5, 5.41) is 5.04. The summed E-state index contributed by atoms with van der Waals surface area (Å²) in [5.74, 6) is 1.83. The Morgan fingerprint density at radius 1 is 0.326 bits per heavy atom. The van der Waals surface area contributed by atoms with Crippen molar-refractivity contribution in [2.45, 2.75) is 5.41 Å². The van der Waals surface area contributed by atoms with E-state index >= 15 is 0 Å². The van der Waals surface area contributed by atoms with E-state index < -0.39 is 5.41 Å². The summed E-state index contributed by atoms with van der Waals surface area (Å²) in [4.78, 5) is 0. The number of rotatable bonds is 1. The van der Waals surface area contributed by atoms with Crippen LogP contribution in [0.1, 0.15) is 22.3 Å². The highest BCUT2D eigenvalue weighted by Crippen LogP contribution is 2.62. The second-order valence-corrected chi connectivity index (χ2v) is 12.8. The van der Waals surface area contributed by atoms with Crippen LogP contribution in [-0.2, 0) is 5.41 Å². The van der Waals surface area contributed by atoms with Gasteiger partial charge in [0.1, 0.15) is 11.5 Å². The van der Waals surface area contributed by atoms with Crippen LogP contribution in [0.25, 0.3) is 66.1 Å². The Hall–Kier alpha value is -5.92. The molecule has 1 aliphatic heterocycles. The van der Waals surface area contributed by atoms with E-state index in [4.69, 9.17) is 4.74 Å². The van der Waals surface area contributed by atoms with Crippen LogP contribution in [0.15, 0.2) is 158 Å². The lowest BCUT2D eigenvalue weighted by Gasteiger charge is -2.40. The summed E-state index contributed by atoms with van der Waals surface area (Å²) < 4.78 is 6.56. The lowest BCUT2D eigenvalue weighted by molar-refractivity contribution is 0.487. The number of fused-ring (bicyclic) bond motifs is 11. The van der Waals surface area contributed by atoms with Gasteiger partial charge in [-0.15, -0.1) is 0 Å². The minimum atomic E-state index is -0.393. The molecule has 1 heteroatoms. The molecule has 1 spiro atoms. The molecule has 0 radical (unpaired) electrons. The zero-order valence-electron chi connectivity index (χ0n) is 24.9. The summed E-state index contributed by atoms with van der Waals surface area (Å²) >= 11 is 0. The first-order chi connectivity index (χ1) is 22.8. The summed E-state index contributed by atoms with van der Waals surface area (Å²) in [7, 11) is 0. The first-order valence-corrected chi connectivity index (χ1v) is 16.0. The van der Waals surface area contributed by atoms with Gasteiger partial charge in [0.05, 0.1) is 5.41 Å². The van der Waals surface area contributed by atoms with Crippen LogP contribution < -0.4 is 4.74 Å². The highest BCUT2D eigenvalue weighted by Gasteiger charge is 2.49. The van der Waals surface area contributed by atoms with E-state index in [-0.39, 0.29) is 0 Å². The Labute approximate surface area is 267 Å². The topological polar surface area (TPSA) is 9.23 Å². The summed E-state index contributed by atoms with van der Waals surface area (Å²) in [6, 6.07) is 58.3. The first-order valence-electron chi connectivity index (χ1n) is 16.0. The summed E-state index contributed by atoms with van der Waals surface area (Å²) in [6.45, 7) is 0. The van der Waals surface area contributed by atoms with E-state index in [0.29, 0.717) is 0 Å².